The van der Waals surface area contributed by atoms with Gasteiger partial charge >= 0.3 is 0 Å². The number of pyridine rings is 1. The number of benzene rings is 2. The Morgan fingerprint density at radius 3 is 2.75 bits per heavy atom. The minimum Gasteiger partial charge on any atom is -0.495 e. The van der Waals surface area contributed by atoms with Crippen LogP contribution in [0.25, 0.3) is 10.9 Å². The van der Waals surface area contributed by atoms with Crippen molar-refractivity contribution in [2.75, 3.05) is 20.2 Å². The summed E-state index contributed by atoms with van der Waals surface area (Å²) in [5, 5.41) is 0.993. The molecule has 3 aromatic rings. The van der Waals surface area contributed by atoms with Gasteiger partial charge in [0.2, 0.25) is 10.0 Å². The van der Waals surface area contributed by atoms with E-state index < -0.39 is 10.0 Å². The SMILES string of the molecule is COc1ccc(C)cc1S(=O)(=O)N1CC[C@H](Oc2cccc3cccnc23)C1. The van der Waals surface area contributed by atoms with Crippen molar-refractivity contribution in [1.29, 1.82) is 0 Å². The van der Waals surface area contributed by atoms with Gasteiger partial charge in [-0.15, -0.1) is 0 Å². The molecule has 1 aromatic heterocycles. The Hall–Kier alpha value is -2.64. The maximum Gasteiger partial charge on any atom is 0.246 e. The Balaban J connectivity index is 1.56. The number of nitrogens with zero attached hydrogens (tertiary/aromatic N) is 2. The largest absolute Gasteiger partial charge is 0.495 e. The first-order valence-electron chi connectivity index (χ1n) is 9.14. The van der Waals surface area contributed by atoms with E-state index in [0.29, 0.717) is 31.0 Å². The van der Waals surface area contributed by atoms with Gasteiger partial charge in [-0.3, -0.25) is 4.98 Å². The molecular formula is C21H22N2O4S. The summed E-state index contributed by atoms with van der Waals surface area (Å²) in [6.45, 7) is 2.56. The molecule has 2 aromatic carbocycles. The van der Waals surface area contributed by atoms with Crippen LogP contribution in [-0.4, -0.2) is 44.0 Å². The lowest BCUT2D eigenvalue weighted by atomic mass is 10.2. The molecule has 146 valence electrons. The molecule has 0 spiro atoms. The van der Waals surface area contributed by atoms with Gasteiger partial charge in [0, 0.05) is 18.1 Å². The van der Waals surface area contributed by atoms with Crippen LogP contribution in [0.2, 0.25) is 0 Å². The number of fused-ring (bicyclic) bond motifs is 1. The molecule has 28 heavy (non-hydrogen) atoms. The number of ether oxygens (including phenoxy) is 2. The first-order valence-corrected chi connectivity index (χ1v) is 10.6. The summed E-state index contributed by atoms with van der Waals surface area (Å²) in [7, 11) is -2.18. The van der Waals surface area contributed by atoms with Gasteiger partial charge in [0.25, 0.3) is 0 Å². The molecule has 1 aliphatic heterocycles. The van der Waals surface area contributed by atoms with Crippen LogP contribution in [0.4, 0.5) is 0 Å². The predicted molar refractivity (Wildman–Crippen MR) is 107 cm³/mol. The Labute approximate surface area is 164 Å². The average molecular weight is 398 g/mol. The molecule has 6 nitrogen and oxygen atoms in total. The molecule has 1 atom stereocenters. The zero-order chi connectivity index (χ0) is 19.7. The van der Waals surface area contributed by atoms with E-state index >= 15 is 0 Å². The van der Waals surface area contributed by atoms with Crippen molar-refractivity contribution in [3.63, 3.8) is 0 Å². The Morgan fingerprint density at radius 2 is 1.93 bits per heavy atom. The lowest BCUT2D eigenvalue weighted by Crippen LogP contribution is -2.31. The lowest BCUT2D eigenvalue weighted by molar-refractivity contribution is 0.218. The molecule has 0 saturated carbocycles. The van der Waals surface area contributed by atoms with Gasteiger partial charge in [-0.1, -0.05) is 24.3 Å². The summed E-state index contributed by atoms with van der Waals surface area (Å²) >= 11 is 0. The molecule has 2 heterocycles. The highest BCUT2D eigenvalue weighted by atomic mass is 32.2. The van der Waals surface area contributed by atoms with E-state index in [1.165, 1.54) is 11.4 Å². The fourth-order valence-corrected chi connectivity index (χ4v) is 5.21. The number of para-hydroxylation sites is 1. The highest BCUT2D eigenvalue weighted by Gasteiger charge is 2.35. The topological polar surface area (TPSA) is 68.7 Å². The van der Waals surface area contributed by atoms with Crippen molar-refractivity contribution in [3.8, 4) is 11.5 Å². The zero-order valence-electron chi connectivity index (χ0n) is 15.8. The molecule has 0 unspecified atom stereocenters. The Kier molecular flexibility index (Phi) is 4.95. The summed E-state index contributed by atoms with van der Waals surface area (Å²) in [5.74, 6) is 1.03. The fourth-order valence-electron chi connectivity index (χ4n) is 3.49. The van der Waals surface area contributed by atoms with Crippen molar-refractivity contribution >= 4 is 20.9 Å². The van der Waals surface area contributed by atoms with Crippen molar-refractivity contribution in [3.05, 3.63) is 60.3 Å². The van der Waals surface area contributed by atoms with E-state index in [1.807, 2.05) is 43.3 Å². The van der Waals surface area contributed by atoms with Gasteiger partial charge in [-0.05, 0) is 43.2 Å². The Bertz CT molecular complexity index is 1110. The minimum atomic E-state index is -3.66. The molecule has 7 heteroatoms. The van der Waals surface area contributed by atoms with Crippen LogP contribution >= 0.6 is 0 Å². The normalized spacial score (nSPS) is 17.7. The first kappa shape index (κ1) is 18.7. The first-order chi connectivity index (χ1) is 13.5. The van der Waals surface area contributed by atoms with Gasteiger partial charge in [-0.2, -0.15) is 4.31 Å². The van der Waals surface area contributed by atoms with E-state index in [-0.39, 0.29) is 11.0 Å². The number of hydrogen-bond acceptors (Lipinski definition) is 5. The summed E-state index contributed by atoms with van der Waals surface area (Å²) in [6.07, 6.45) is 2.12. The second-order valence-electron chi connectivity index (χ2n) is 6.88. The van der Waals surface area contributed by atoms with Gasteiger partial charge in [-0.25, -0.2) is 8.42 Å². The molecule has 1 saturated heterocycles. The molecule has 0 aliphatic carbocycles. The van der Waals surface area contributed by atoms with E-state index in [0.717, 1.165) is 16.5 Å². The minimum absolute atomic E-state index is 0.197. The molecule has 0 N–H and O–H groups in total. The quantitative estimate of drug-likeness (QED) is 0.659. The van der Waals surface area contributed by atoms with E-state index in [9.17, 15) is 8.42 Å². The molecule has 1 aliphatic rings. The van der Waals surface area contributed by atoms with E-state index in [1.54, 1.807) is 18.3 Å². The van der Waals surface area contributed by atoms with Gasteiger partial charge < -0.3 is 9.47 Å². The summed E-state index contributed by atoms with van der Waals surface area (Å²) in [5.41, 5.74) is 1.65. The van der Waals surface area contributed by atoms with Crippen LogP contribution < -0.4 is 9.47 Å². The molecule has 1 fully saturated rings. The van der Waals surface area contributed by atoms with Crippen LogP contribution in [0, 0.1) is 6.92 Å². The van der Waals surface area contributed by atoms with Crippen LogP contribution in [-0.2, 0) is 10.0 Å². The molecular weight excluding hydrogens is 376 g/mol. The number of methoxy groups -OCH3 is 1. The second kappa shape index (κ2) is 7.41. The van der Waals surface area contributed by atoms with Crippen molar-refractivity contribution in [2.45, 2.75) is 24.3 Å². The number of sulfonamides is 1. The molecule has 0 amide bonds. The van der Waals surface area contributed by atoms with E-state index in [4.69, 9.17) is 9.47 Å². The zero-order valence-corrected chi connectivity index (χ0v) is 16.6. The van der Waals surface area contributed by atoms with E-state index in [2.05, 4.69) is 4.98 Å². The van der Waals surface area contributed by atoms with Crippen LogP contribution in [0.5, 0.6) is 11.5 Å². The number of rotatable bonds is 5. The van der Waals surface area contributed by atoms with Crippen molar-refractivity contribution < 1.29 is 17.9 Å². The standard InChI is InChI=1S/C21H22N2O4S/c1-15-8-9-18(26-2)20(13-15)28(24,25)23-12-10-17(14-23)27-19-7-3-5-16-6-4-11-22-21(16)19/h3-9,11,13,17H,10,12,14H2,1-2H3/t17-/m0/s1. The highest BCUT2D eigenvalue weighted by Crippen LogP contribution is 2.31. The van der Waals surface area contributed by atoms with Gasteiger partial charge in [0.1, 0.15) is 28.0 Å². The fraction of sp³-hybridized carbons (Fsp3) is 0.286. The Morgan fingerprint density at radius 1 is 1.11 bits per heavy atom. The van der Waals surface area contributed by atoms with Crippen molar-refractivity contribution in [1.82, 2.24) is 9.29 Å². The van der Waals surface area contributed by atoms with Crippen LogP contribution in [0.1, 0.15) is 12.0 Å². The monoisotopic (exact) mass is 398 g/mol. The summed E-state index contributed by atoms with van der Waals surface area (Å²) < 4.78 is 39.2. The van der Waals surface area contributed by atoms with Crippen LogP contribution in [0.3, 0.4) is 0 Å². The van der Waals surface area contributed by atoms with Gasteiger partial charge in [0.15, 0.2) is 0 Å². The smallest absolute Gasteiger partial charge is 0.246 e. The predicted octanol–water partition coefficient (Wildman–Crippen LogP) is 3.39. The second-order valence-corrected chi connectivity index (χ2v) is 8.78. The third-order valence-electron chi connectivity index (χ3n) is 4.93. The molecule has 0 bridgehead atoms. The lowest BCUT2D eigenvalue weighted by Gasteiger charge is -2.19. The number of aromatic nitrogens is 1. The maximum atomic E-state index is 13.2. The third-order valence-corrected chi connectivity index (χ3v) is 6.82. The third kappa shape index (κ3) is 3.43. The average Bonchev–Trinajstić information content (AvgIpc) is 3.18. The van der Waals surface area contributed by atoms with Crippen molar-refractivity contribution in [2.24, 2.45) is 0 Å². The number of aryl methyl sites for hydroxylation is 1. The summed E-state index contributed by atoms with van der Waals surface area (Å²) in [4.78, 5) is 4.59. The van der Waals surface area contributed by atoms with Gasteiger partial charge in [0.05, 0.1) is 13.7 Å². The van der Waals surface area contributed by atoms with Crippen LogP contribution in [0.15, 0.2) is 59.6 Å². The maximum absolute atomic E-state index is 13.2. The number of hydrogen-bond donors (Lipinski definition) is 0. The highest BCUT2D eigenvalue weighted by molar-refractivity contribution is 7.89. The molecule has 0 radical (unpaired) electrons. The molecule has 4 rings (SSSR count). The summed E-state index contributed by atoms with van der Waals surface area (Å²) in [6, 6.07) is 14.8.